The normalized spacial score (nSPS) is 10.3. The zero-order chi connectivity index (χ0) is 15.6. The van der Waals surface area contributed by atoms with E-state index in [2.05, 4.69) is 20.7 Å². The number of nitrogens with zero attached hydrogens (tertiary/aromatic N) is 3. The van der Waals surface area contributed by atoms with Crippen molar-refractivity contribution in [3.63, 3.8) is 0 Å². The van der Waals surface area contributed by atoms with Crippen molar-refractivity contribution in [2.45, 2.75) is 0 Å². The molecular weight excluding hydrogens is 343 g/mol. The number of rotatable bonds is 4. The van der Waals surface area contributed by atoms with E-state index in [9.17, 15) is 10.1 Å². The second-order valence-electron chi connectivity index (χ2n) is 3.69. The molecule has 2 aromatic rings. The number of nitro groups is 1. The van der Waals surface area contributed by atoms with E-state index < -0.39 is 10.6 Å². The lowest BCUT2D eigenvalue weighted by molar-refractivity contribution is -0.383. The van der Waals surface area contributed by atoms with Crippen molar-refractivity contribution >= 4 is 57.8 Å². The van der Waals surface area contributed by atoms with Crippen LogP contribution in [0.3, 0.4) is 0 Å². The standard InChI is InChI=1S/C10H7Cl3N6O2/c11-4-1-6(13)7(2-5(4)12)17-9-8(19(20)21)10(18-14)16-3-15-9/h1-3H,14H2,(H2,15,16,17,18). The minimum atomic E-state index is -0.678. The lowest BCUT2D eigenvalue weighted by Gasteiger charge is -2.10. The number of nitrogen functional groups attached to an aromatic ring is 1. The number of nitrogens with one attached hydrogen (secondary N) is 2. The molecule has 0 bridgehead atoms. The molecule has 0 aliphatic heterocycles. The van der Waals surface area contributed by atoms with Crippen LogP contribution in [0.4, 0.5) is 23.0 Å². The first kappa shape index (κ1) is 15.5. The van der Waals surface area contributed by atoms with Crippen LogP contribution in [0.25, 0.3) is 0 Å². The predicted molar refractivity (Wildman–Crippen MR) is 81.3 cm³/mol. The molecule has 2 rings (SSSR count). The van der Waals surface area contributed by atoms with Crippen LogP contribution in [-0.4, -0.2) is 14.9 Å². The van der Waals surface area contributed by atoms with E-state index in [0.717, 1.165) is 6.33 Å². The Balaban J connectivity index is 2.49. The molecule has 11 heteroatoms. The summed E-state index contributed by atoms with van der Waals surface area (Å²) in [4.78, 5) is 17.9. The molecule has 0 atom stereocenters. The number of hydrogen-bond donors (Lipinski definition) is 3. The van der Waals surface area contributed by atoms with Crippen LogP contribution in [0.15, 0.2) is 18.5 Å². The molecule has 0 spiro atoms. The Labute approximate surface area is 133 Å². The summed E-state index contributed by atoms with van der Waals surface area (Å²) in [5.41, 5.74) is 2.00. The van der Waals surface area contributed by atoms with Gasteiger partial charge in [-0.15, -0.1) is 0 Å². The maximum absolute atomic E-state index is 11.1. The Morgan fingerprint density at radius 1 is 1.10 bits per heavy atom. The maximum Gasteiger partial charge on any atom is 0.354 e. The largest absolute Gasteiger partial charge is 0.354 e. The van der Waals surface area contributed by atoms with Gasteiger partial charge in [-0.3, -0.25) is 10.1 Å². The van der Waals surface area contributed by atoms with E-state index >= 15 is 0 Å². The molecule has 21 heavy (non-hydrogen) atoms. The van der Waals surface area contributed by atoms with Gasteiger partial charge >= 0.3 is 5.69 Å². The van der Waals surface area contributed by atoms with Crippen molar-refractivity contribution in [1.29, 1.82) is 0 Å². The van der Waals surface area contributed by atoms with Crippen molar-refractivity contribution in [3.8, 4) is 0 Å². The summed E-state index contributed by atoms with van der Waals surface area (Å²) in [6.45, 7) is 0. The molecule has 0 saturated heterocycles. The zero-order valence-corrected chi connectivity index (χ0v) is 12.4. The molecule has 0 saturated carbocycles. The molecule has 0 unspecified atom stereocenters. The summed E-state index contributed by atoms with van der Waals surface area (Å²) >= 11 is 17.7. The number of hydrogen-bond acceptors (Lipinski definition) is 7. The highest BCUT2D eigenvalue weighted by atomic mass is 35.5. The van der Waals surface area contributed by atoms with Crippen LogP contribution in [0.2, 0.25) is 15.1 Å². The first-order chi connectivity index (χ1) is 9.93. The first-order valence-electron chi connectivity index (χ1n) is 5.31. The molecule has 1 aromatic carbocycles. The van der Waals surface area contributed by atoms with Gasteiger partial charge in [0, 0.05) is 0 Å². The molecule has 0 amide bonds. The average molecular weight is 350 g/mol. The molecular formula is C10H7Cl3N6O2. The number of nitrogens with two attached hydrogens (primary N) is 1. The molecule has 0 fully saturated rings. The number of benzene rings is 1. The molecule has 1 heterocycles. The second-order valence-corrected chi connectivity index (χ2v) is 4.91. The minimum absolute atomic E-state index is 0.0942. The van der Waals surface area contributed by atoms with Crippen LogP contribution >= 0.6 is 34.8 Å². The van der Waals surface area contributed by atoms with E-state index in [4.69, 9.17) is 40.6 Å². The summed E-state index contributed by atoms with van der Waals surface area (Å²) in [5, 5.41) is 14.5. The van der Waals surface area contributed by atoms with Crippen LogP contribution in [0.1, 0.15) is 0 Å². The van der Waals surface area contributed by atoms with Gasteiger partial charge in [-0.05, 0) is 12.1 Å². The van der Waals surface area contributed by atoms with Crippen molar-refractivity contribution in [2.24, 2.45) is 5.84 Å². The van der Waals surface area contributed by atoms with Gasteiger partial charge in [-0.2, -0.15) is 0 Å². The SMILES string of the molecule is NNc1ncnc(Nc2cc(Cl)c(Cl)cc2Cl)c1[N+](=O)[O-]. The Kier molecular flexibility index (Phi) is 4.63. The Morgan fingerprint density at radius 2 is 1.71 bits per heavy atom. The van der Waals surface area contributed by atoms with Crippen LogP contribution in [0, 0.1) is 10.1 Å². The molecule has 110 valence electrons. The highest BCUT2D eigenvalue weighted by molar-refractivity contribution is 6.44. The van der Waals surface area contributed by atoms with E-state index in [-0.39, 0.29) is 26.7 Å². The monoisotopic (exact) mass is 348 g/mol. The van der Waals surface area contributed by atoms with E-state index in [1.165, 1.54) is 12.1 Å². The highest BCUT2D eigenvalue weighted by Crippen LogP contribution is 2.36. The van der Waals surface area contributed by atoms with E-state index in [1.807, 2.05) is 0 Å². The van der Waals surface area contributed by atoms with Crippen molar-refractivity contribution in [1.82, 2.24) is 9.97 Å². The smallest absolute Gasteiger partial charge is 0.333 e. The van der Waals surface area contributed by atoms with Crippen molar-refractivity contribution < 1.29 is 4.92 Å². The molecule has 0 radical (unpaired) electrons. The Morgan fingerprint density at radius 3 is 2.33 bits per heavy atom. The number of hydrazine groups is 1. The van der Waals surface area contributed by atoms with E-state index in [0.29, 0.717) is 5.69 Å². The van der Waals surface area contributed by atoms with Gasteiger partial charge in [0.25, 0.3) is 0 Å². The van der Waals surface area contributed by atoms with Gasteiger partial charge in [0.1, 0.15) is 6.33 Å². The fourth-order valence-corrected chi connectivity index (χ4v) is 2.09. The fraction of sp³-hybridized carbons (Fsp3) is 0. The highest BCUT2D eigenvalue weighted by Gasteiger charge is 2.23. The Hall–Kier alpha value is -1.87. The summed E-state index contributed by atoms with van der Waals surface area (Å²) in [5.74, 6) is 4.95. The first-order valence-corrected chi connectivity index (χ1v) is 6.45. The quantitative estimate of drug-likeness (QED) is 0.335. The third kappa shape index (κ3) is 3.24. The molecule has 0 aliphatic rings. The third-order valence-electron chi connectivity index (χ3n) is 2.40. The molecule has 1 aromatic heterocycles. The van der Waals surface area contributed by atoms with Gasteiger partial charge in [0.05, 0.1) is 25.7 Å². The predicted octanol–water partition coefficient (Wildman–Crippen LogP) is 3.37. The average Bonchev–Trinajstić information content (AvgIpc) is 2.44. The Bertz CT molecular complexity index is 711. The topological polar surface area (TPSA) is 119 Å². The third-order valence-corrected chi connectivity index (χ3v) is 3.44. The molecule has 8 nitrogen and oxygen atoms in total. The van der Waals surface area contributed by atoms with Crippen LogP contribution in [-0.2, 0) is 0 Å². The van der Waals surface area contributed by atoms with Crippen molar-refractivity contribution in [3.05, 3.63) is 43.6 Å². The zero-order valence-electron chi connectivity index (χ0n) is 10.1. The van der Waals surface area contributed by atoms with Gasteiger partial charge in [0.2, 0.25) is 11.6 Å². The minimum Gasteiger partial charge on any atom is -0.333 e. The van der Waals surface area contributed by atoms with Crippen molar-refractivity contribution in [2.75, 3.05) is 10.7 Å². The van der Waals surface area contributed by atoms with Crippen LogP contribution < -0.4 is 16.6 Å². The summed E-state index contributed by atoms with van der Waals surface area (Å²) in [6.07, 6.45) is 1.11. The molecule has 0 aliphatic carbocycles. The van der Waals surface area contributed by atoms with Gasteiger partial charge < -0.3 is 10.7 Å². The number of halogens is 3. The van der Waals surface area contributed by atoms with Gasteiger partial charge in [0.15, 0.2) is 0 Å². The van der Waals surface area contributed by atoms with Gasteiger partial charge in [-0.1, -0.05) is 34.8 Å². The van der Waals surface area contributed by atoms with Crippen LogP contribution in [0.5, 0.6) is 0 Å². The van der Waals surface area contributed by atoms with Gasteiger partial charge in [-0.25, -0.2) is 15.8 Å². The summed E-state index contributed by atoms with van der Waals surface area (Å²) in [7, 11) is 0. The second kappa shape index (κ2) is 6.27. The number of anilines is 3. The summed E-state index contributed by atoms with van der Waals surface area (Å²) in [6, 6.07) is 2.83. The number of aromatic nitrogens is 2. The lowest BCUT2D eigenvalue weighted by Crippen LogP contribution is -2.12. The maximum atomic E-state index is 11.1. The lowest BCUT2D eigenvalue weighted by atomic mass is 10.3. The fourth-order valence-electron chi connectivity index (χ4n) is 1.49. The summed E-state index contributed by atoms with van der Waals surface area (Å²) < 4.78 is 0. The molecule has 4 N–H and O–H groups in total. The van der Waals surface area contributed by atoms with E-state index in [1.54, 1.807) is 0 Å².